The quantitative estimate of drug-likeness (QED) is 0.785. The van der Waals surface area contributed by atoms with Gasteiger partial charge in [-0.3, -0.25) is 4.79 Å². The van der Waals surface area contributed by atoms with Gasteiger partial charge >= 0.3 is 0 Å². The molecule has 0 saturated carbocycles. The summed E-state index contributed by atoms with van der Waals surface area (Å²) in [6.07, 6.45) is 1.05. The van der Waals surface area contributed by atoms with Gasteiger partial charge in [-0.15, -0.1) is 0 Å². The van der Waals surface area contributed by atoms with E-state index in [4.69, 9.17) is 0 Å². The molecule has 7 heteroatoms. The fraction of sp³-hybridized carbons (Fsp3) is 0.409. The van der Waals surface area contributed by atoms with Crippen molar-refractivity contribution in [2.24, 2.45) is 11.8 Å². The van der Waals surface area contributed by atoms with Gasteiger partial charge < -0.3 is 10.2 Å². The van der Waals surface area contributed by atoms with Crippen LogP contribution in [0.3, 0.4) is 0 Å². The Morgan fingerprint density at radius 2 is 1.62 bits per heavy atom. The van der Waals surface area contributed by atoms with Crippen LogP contribution in [0.25, 0.3) is 0 Å². The zero-order valence-corrected chi connectivity index (χ0v) is 18.0. The monoisotopic (exact) mass is 415 g/mol. The molecule has 2 atom stereocenters. The first-order valence-electron chi connectivity index (χ1n) is 9.92. The van der Waals surface area contributed by atoms with Crippen molar-refractivity contribution in [2.75, 3.05) is 36.9 Å². The first-order valence-corrected chi connectivity index (χ1v) is 11.4. The number of carbonyl (C=O) groups excluding carboxylic acids is 1. The molecule has 2 aromatic rings. The van der Waals surface area contributed by atoms with E-state index in [0.29, 0.717) is 30.6 Å². The van der Waals surface area contributed by atoms with Gasteiger partial charge in [-0.05, 0) is 54.7 Å². The van der Waals surface area contributed by atoms with Crippen LogP contribution in [0, 0.1) is 11.8 Å². The van der Waals surface area contributed by atoms with Crippen molar-refractivity contribution in [2.45, 2.75) is 25.2 Å². The Hall–Kier alpha value is -2.38. The van der Waals surface area contributed by atoms with E-state index >= 15 is 0 Å². The molecule has 2 aromatic carbocycles. The molecule has 1 N–H and O–H groups in total. The number of anilines is 2. The maximum atomic E-state index is 12.9. The van der Waals surface area contributed by atoms with Crippen molar-refractivity contribution < 1.29 is 13.2 Å². The second kappa shape index (κ2) is 8.97. The lowest BCUT2D eigenvalue weighted by atomic mass is 9.94. The maximum Gasteiger partial charge on any atom is 0.243 e. The summed E-state index contributed by atoms with van der Waals surface area (Å²) in [4.78, 5) is 14.4. The average molecular weight is 416 g/mol. The number of amides is 1. The Bertz CT molecular complexity index is 920. The average Bonchev–Trinajstić information content (AvgIpc) is 2.68. The third-order valence-electron chi connectivity index (χ3n) is 5.19. The molecule has 0 spiro atoms. The fourth-order valence-electron chi connectivity index (χ4n) is 3.85. The van der Waals surface area contributed by atoms with Gasteiger partial charge in [-0.1, -0.05) is 32.0 Å². The van der Waals surface area contributed by atoms with Crippen LogP contribution < -0.4 is 10.2 Å². The zero-order valence-electron chi connectivity index (χ0n) is 17.2. The number of para-hydroxylation sites is 1. The smallest absolute Gasteiger partial charge is 0.243 e. The summed E-state index contributed by atoms with van der Waals surface area (Å²) >= 11 is 0. The summed E-state index contributed by atoms with van der Waals surface area (Å²) in [6.45, 7) is 5.48. The van der Waals surface area contributed by atoms with Gasteiger partial charge in [0.1, 0.15) is 0 Å². The van der Waals surface area contributed by atoms with Gasteiger partial charge in [-0.25, -0.2) is 8.42 Å². The van der Waals surface area contributed by atoms with E-state index in [1.54, 1.807) is 28.6 Å². The number of benzene rings is 2. The molecule has 0 aromatic heterocycles. The van der Waals surface area contributed by atoms with Crippen molar-refractivity contribution in [3.8, 4) is 0 Å². The van der Waals surface area contributed by atoms with Gasteiger partial charge in [0.15, 0.2) is 0 Å². The SMILES string of the molecule is C[C@@H]1C[C@@H](C)CN(S(=O)(=O)c2ccc(NC(=O)CN(C)c3ccccc3)cc2)C1. The van der Waals surface area contributed by atoms with E-state index in [1.807, 2.05) is 42.3 Å². The summed E-state index contributed by atoms with van der Waals surface area (Å²) in [7, 11) is -1.66. The summed E-state index contributed by atoms with van der Waals surface area (Å²) in [6, 6.07) is 16.1. The van der Waals surface area contributed by atoms with E-state index in [1.165, 1.54) is 0 Å². The van der Waals surface area contributed by atoms with Crippen molar-refractivity contribution >= 4 is 27.3 Å². The van der Waals surface area contributed by atoms with E-state index < -0.39 is 10.0 Å². The van der Waals surface area contributed by atoms with Crippen LogP contribution in [0.15, 0.2) is 59.5 Å². The normalized spacial score (nSPS) is 20.2. The number of carbonyl (C=O) groups is 1. The minimum absolute atomic E-state index is 0.161. The molecule has 1 aliphatic heterocycles. The highest BCUT2D eigenvalue weighted by Crippen LogP contribution is 2.27. The molecule has 1 saturated heterocycles. The molecule has 0 radical (unpaired) electrons. The van der Waals surface area contributed by atoms with Crippen LogP contribution in [0.2, 0.25) is 0 Å². The summed E-state index contributed by atoms with van der Waals surface area (Å²) < 4.78 is 27.5. The van der Waals surface area contributed by atoms with E-state index in [0.717, 1.165) is 12.1 Å². The molecular weight excluding hydrogens is 386 g/mol. The lowest BCUT2D eigenvalue weighted by Gasteiger charge is -2.34. The third kappa shape index (κ3) is 5.36. The number of hydrogen-bond donors (Lipinski definition) is 1. The molecule has 0 unspecified atom stereocenters. The van der Waals surface area contributed by atoms with E-state index in [2.05, 4.69) is 19.2 Å². The Balaban J connectivity index is 1.63. The molecule has 6 nitrogen and oxygen atoms in total. The number of piperidine rings is 1. The third-order valence-corrected chi connectivity index (χ3v) is 7.03. The van der Waals surface area contributed by atoms with Crippen LogP contribution in [0.1, 0.15) is 20.3 Å². The molecule has 29 heavy (non-hydrogen) atoms. The van der Waals surface area contributed by atoms with E-state index in [-0.39, 0.29) is 17.3 Å². The lowest BCUT2D eigenvalue weighted by molar-refractivity contribution is -0.114. The standard InChI is InChI=1S/C22H29N3O3S/c1-17-13-18(2)15-25(14-17)29(27,28)21-11-9-19(10-12-21)23-22(26)16-24(3)20-7-5-4-6-8-20/h4-12,17-18H,13-16H2,1-3H3,(H,23,26)/t17-,18-/m1/s1. The summed E-state index contributed by atoms with van der Waals surface area (Å²) in [5.74, 6) is 0.549. The predicted molar refractivity (Wildman–Crippen MR) is 116 cm³/mol. The number of nitrogens with zero attached hydrogens (tertiary/aromatic N) is 2. The number of likely N-dealkylation sites (N-methyl/N-ethyl adjacent to an activating group) is 1. The molecule has 3 rings (SSSR count). The fourth-order valence-corrected chi connectivity index (χ4v) is 5.53. The number of nitrogens with one attached hydrogen (secondary N) is 1. The van der Waals surface area contributed by atoms with Gasteiger partial charge in [0.05, 0.1) is 11.4 Å². The summed E-state index contributed by atoms with van der Waals surface area (Å²) in [5.41, 5.74) is 1.53. The Labute approximate surface area is 173 Å². The zero-order chi connectivity index (χ0) is 21.0. The predicted octanol–water partition coefficient (Wildman–Crippen LogP) is 3.43. The van der Waals surface area contributed by atoms with Crippen molar-refractivity contribution in [3.63, 3.8) is 0 Å². The second-order valence-electron chi connectivity index (χ2n) is 8.03. The topological polar surface area (TPSA) is 69.7 Å². The van der Waals surface area contributed by atoms with Gasteiger partial charge in [-0.2, -0.15) is 4.31 Å². The minimum atomic E-state index is -3.52. The second-order valence-corrected chi connectivity index (χ2v) is 9.97. The van der Waals surface area contributed by atoms with Crippen molar-refractivity contribution in [1.82, 2.24) is 4.31 Å². The van der Waals surface area contributed by atoms with Gasteiger partial charge in [0.25, 0.3) is 0 Å². The van der Waals surface area contributed by atoms with Crippen LogP contribution in [-0.4, -0.2) is 45.3 Å². The molecule has 0 aliphatic carbocycles. The Kier molecular flexibility index (Phi) is 6.59. The Morgan fingerprint density at radius 3 is 2.21 bits per heavy atom. The van der Waals surface area contributed by atoms with Crippen LogP contribution >= 0.6 is 0 Å². The Morgan fingerprint density at radius 1 is 1.03 bits per heavy atom. The summed E-state index contributed by atoms with van der Waals surface area (Å²) in [5, 5.41) is 2.83. The molecule has 156 valence electrons. The maximum absolute atomic E-state index is 12.9. The largest absolute Gasteiger partial charge is 0.365 e. The number of sulfonamides is 1. The van der Waals surface area contributed by atoms with Gasteiger partial charge in [0.2, 0.25) is 15.9 Å². The molecule has 1 aliphatic rings. The van der Waals surface area contributed by atoms with Crippen molar-refractivity contribution in [1.29, 1.82) is 0 Å². The highest BCUT2D eigenvalue weighted by atomic mass is 32.2. The highest BCUT2D eigenvalue weighted by Gasteiger charge is 2.31. The van der Waals surface area contributed by atoms with E-state index in [9.17, 15) is 13.2 Å². The molecular formula is C22H29N3O3S. The number of hydrogen-bond acceptors (Lipinski definition) is 4. The van der Waals surface area contributed by atoms with Crippen LogP contribution in [0.4, 0.5) is 11.4 Å². The number of rotatable bonds is 6. The van der Waals surface area contributed by atoms with Gasteiger partial charge in [0, 0.05) is 31.5 Å². The van der Waals surface area contributed by atoms with Crippen LogP contribution in [0.5, 0.6) is 0 Å². The minimum Gasteiger partial charge on any atom is -0.365 e. The first-order chi connectivity index (χ1) is 13.8. The lowest BCUT2D eigenvalue weighted by Crippen LogP contribution is -2.42. The molecule has 1 heterocycles. The first kappa shape index (κ1) is 21.3. The van der Waals surface area contributed by atoms with Crippen molar-refractivity contribution in [3.05, 3.63) is 54.6 Å². The molecule has 0 bridgehead atoms. The molecule has 1 amide bonds. The van der Waals surface area contributed by atoms with Crippen LogP contribution in [-0.2, 0) is 14.8 Å². The molecule has 1 fully saturated rings. The highest BCUT2D eigenvalue weighted by molar-refractivity contribution is 7.89.